The summed E-state index contributed by atoms with van der Waals surface area (Å²) < 4.78 is 74.4. The third-order valence-corrected chi connectivity index (χ3v) is 17.3. The first-order valence-corrected chi connectivity index (χ1v) is 30.0. The van der Waals surface area contributed by atoms with Crippen LogP contribution < -0.4 is 34.5 Å². The zero-order valence-electron chi connectivity index (χ0n) is 46.2. The van der Waals surface area contributed by atoms with Crippen molar-refractivity contribution in [2.75, 3.05) is 0 Å². The molecular formula is C64H33CoN16NaO6S2. The minimum absolute atomic E-state index is 0. The number of aromatic amines is 3. The molecule has 427 valence electrons. The smallest absolute Gasteiger partial charge is 0.744 e. The predicted molar refractivity (Wildman–Crippen MR) is 327 cm³/mol. The van der Waals surface area contributed by atoms with Gasteiger partial charge >= 0.3 is 46.3 Å². The van der Waals surface area contributed by atoms with E-state index in [0.29, 0.717) is 96.7 Å². The van der Waals surface area contributed by atoms with Gasteiger partial charge in [-0.15, -0.1) is 0 Å². The molecule has 14 aromatic rings. The molecule has 0 unspecified atom stereocenters. The Balaban J connectivity index is 0.000000147. The van der Waals surface area contributed by atoms with Crippen LogP contribution in [0.2, 0.25) is 0 Å². The monoisotopic (exact) mass is 1270 g/mol. The van der Waals surface area contributed by atoms with Gasteiger partial charge in [-0.1, -0.05) is 170 Å². The molecule has 4 aliphatic rings. The van der Waals surface area contributed by atoms with Crippen molar-refractivity contribution in [3.63, 3.8) is 0 Å². The summed E-state index contributed by atoms with van der Waals surface area (Å²) in [5.41, 5.74) is 8.76. The molecule has 0 atom stereocenters. The summed E-state index contributed by atoms with van der Waals surface area (Å²) in [7, 11) is -9.74. The van der Waals surface area contributed by atoms with E-state index in [1.807, 2.05) is 146 Å². The Hall–Kier alpha value is -10.2. The van der Waals surface area contributed by atoms with Crippen LogP contribution in [0.5, 0.6) is 0 Å². The largest absolute Gasteiger partial charge is 2.00 e. The fourth-order valence-corrected chi connectivity index (χ4v) is 13.1. The molecule has 0 saturated heterocycles. The van der Waals surface area contributed by atoms with Crippen LogP contribution in [0.25, 0.3) is 179 Å². The molecule has 6 aromatic heterocycles. The van der Waals surface area contributed by atoms with E-state index in [9.17, 15) is 25.9 Å². The number of nitrogens with one attached hydrogen (secondary N) is 3. The van der Waals surface area contributed by atoms with Crippen LogP contribution in [0.3, 0.4) is 0 Å². The van der Waals surface area contributed by atoms with Gasteiger partial charge in [0.1, 0.15) is 54.1 Å². The number of hydrogen-bond donors (Lipinski definition) is 3. The van der Waals surface area contributed by atoms with Crippen molar-refractivity contribution in [2.24, 2.45) is 0 Å². The molecule has 22 nitrogen and oxygen atoms in total. The second-order valence-corrected chi connectivity index (χ2v) is 23.4. The second kappa shape index (κ2) is 21.3. The van der Waals surface area contributed by atoms with Crippen molar-refractivity contribution in [3.8, 4) is 91.1 Å². The normalized spacial score (nSPS) is 12.1. The molecule has 3 N–H and O–H groups in total. The van der Waals surface area contributed by atoms with E-state index < -0.39 is 30.0 Å². The minimum Gasteiger partial charge on any atom is -0.744 e. The molecule has 0 saturated carbocycles. The zero-order chi connectivity index (χ0) is 59.2. The Labute approximate surface area is 539 Å². The van der Waals surface area contributed by atoms with Gasteiger partial charge in [0, 0.05) is 88.1 Å². The maximum absolute atomic E-state index is 12.4. The molecule has 26 heteroatoms. The molecule has 8 aromatic carbocycles. The van der Waals surface area contributed by atoms with Crippen LogP contribution in [0, 0.1) is 0 Å². The Morgan fingerprint density at radius 2 is 0.511 bits per heavy atom. The van der Waals surface area contributed by atoms with Crippen molar-refractivity contribution in [1.29, 1.82) is 0 Å². The van der Waals surface area contributed by atoms with Crippen LogP contribution in [0.15, 0.2) is 192 Å². The van der Waals surface area contributed by atoms with Crippen molar-refractivity contribution >= 4 is 109 Å². The van der Waals surface area contributed by atoms with Crippen LogP contribution >= 0.6 is 0 Å². The first-order valence-electron chi connectivity index (χ1n) is 27.2. The quantitative estimate of drug-likeness (QED) is 0.108. The topological polar surface area (TPSA) is 331 Å². The second-order valence-electron chi connectivity index (χ2n) is 20.7. The van der Waals surface area contributed by atoms with Gasteiger partial charge < -0.3 is 39.0 Å². The van der Waals surface area contributed by atoms with E-state index in [1.54, 1.807) is 12.1 Å². The molecule has 16 bridgehead atoms. The van der Waals surface area contributed by atoms with Gasteiger partial charge in [0.25, 0.3) is 0 Å². The van der Waals surface area contributed by atoms with Gasteiger partial charge in [-0.25, -0.2) is 66.7 Å². The van der Waals surface area contributed by atoms with Gasteiger partial charge in [0.05, 0.1) is 21.4 Å². The summed E-state index contributed by atoms with van der Waals surface area (Å²) in [4.78, 5) is 71.6. The number of nitrogens with zero attached hydrogens (tertiary/aromatic N) is 13. The summed E-state index contributed by atoms with van der Waals surface area (Å²) in [5.74, 6) is 3.00. The molecule has 18 rings (SSSR count). The van der Waals surface area contributed by atoms with Crippen molar-refractivity contribution in [1.82, 2.24) is 79.7 Å². The van der Waals surface area contributed by atoms with E-state index in [4.69, 9.17) is 64.8 Å². The van der Waals surface area contributed by atoms with Gasteiger partial charge in [-0.3, -0.25) is 0 Å². The molecule has 1 radical (unpaired) electrons. The molecule has 10 heterocycles. The molecule has 0 fully saturated rings. The number of benzene rings is 8. The zero-order valence-corrected chi connectivity index (χ0v) is 50.9. The van der Waals surface area contributed by atoms with Crippen molar-refractivity contribution in [2.45, 2.75) is 9.79 Å². The Bertz CT molecular complexity index is 5700. The van der Waals surface area contributed by atoms with Crippen LogP contribution in [0.4, 0.5) is 0 Å². The number of hydrogen-bond acceptors (Lipinski definition) is 18. The number of fused-ring (bicyclic) bond motifs is 40. The molecular weight excluding hydrogens is 1230 g/mol. The van der Waals surface area contributed by atoms with E-state index in [0.717, 1.165) is 54.9 Å². The Morgan fingerprint density at radius 3 is 0.811 bits per heavy atom. The average Bonchev–Trinajstić information content (AvgIpc) is 1.61. The predicted octanol–water partition coefficient (Wildman–Crippen LogP) is 8.18. The number of H-pyrrole nitrogens is 3. The molecule has 4 aliphatic heterocycles. The fourth-order valence-electron chi connectivity index (χ4n) is 11.7. The summed E-state index contributed by atoms with van der Waals surface area (Å²) in [6, 6.07) is 54.5. The molecule has 0 aliphatic carbocycles. The summed E-state index contributed by atoms with van der Waals surface area (Å²) in [6.45, 7) is 0. The SMILES string of the molecule is O=S(=O)([O-])c1cccc2c3nc4nc(nc5[n-]c(nc6nc(nc([nH]3)c12)-c1ccccc1-6)c1ccccc51)-c1ccccc1-4.O=S(=O)([O-])c1cccc2c3nc4nc(nc5[nH]c(nc6nc(nc([nH]3)c12)-c1ccccc1-6)c1ccccc51)-c1ccccc1-4.[Co+2].[Na+]. The van der Waals surface area contributed by atoms with E-state index in [2.05, 4.69) is 15.0 Å². The first-order chi connectivity index (χ1) is 42.8. The third-order valence-electron chi connectivity index (χ3n) is 15.6. The van der Waals surface area contributed by atoms with Crippen LogP contribution in [-0.4, -0.2) is 101 Å². The van der Waals surface area contributed by atoms with Gasteiger partial charge in [0.2, 0.25) is 0 Å². The fraction of sp³-hybridized carbons (Fsp3) is 0. The third kappa shape index (κ3) is 9.16. The average molecular weight is 1270 g/mol. The van der Waals surface area contributed by atoms with E-state index in [-0.39, 0.29) is 74.1 Å². The molecule has 90 heavy (non-hydrogen) atoms. The summed E-state index contributed by atoms with van der Waals surface area (Å²) in [6.07, 6.45) is 0. The summed E-state index contributed by atoms with van der Waals surface area (Å²) in [5, 5.41) is 4.36. The standard InChI is InChI=1S/C32H18N8O3S.C32H17N8O3S.Co.Na/c2*41-44(42,43)23-15-7-14-22-24(23)32-39-30-21-13-6-5-12-20(21)28(37-30)35-26-17-9-2-1-8-16(17)25(33-26)34-27-18-10-3-4-11-19(18)29(36-27)38-31(22)40-32;;/h1-15H,(H,41,42,43)(H2,33,34,35,36,37,38,39,40);1-15H,(H2-,33,34,35,36,37,38,39,40,41,42,43);;/q;-1;+2;+1/p-2. The minimum atomic E-state index is -4.87. The van der Waals surface area contributed by atoms with Gasteiger partial charge in [-0.2, -0.15) is 0 Å². The molecule has 0 spiro atoms. The maximum atomic E-state index is 12.4. The van der Waals surface area contributed by atoms with Gasteiger partial charge in [-0.05, 0) is 22.9 Å². The van der Waals surface area contributed by atoms with E-state index >= 15 is 0 Å². The van der Waals surface area contributed by atoms with E-state index in [1.165, 1.54) is 24.3 Å². The van der Waals surface area contributed by atoms with Crippen molar-refractivity contribution in [3.05, 3.63) is 182 Å². The van der Waals surface area contributed by atoms with Crippen molar-refractivity contribution < 1.29 is 72.3 Å². The Kier molecular flexibility index (Phi) is 13.3. The first kappa shape index (κ1) is 56.3. The molecule has 0 amide bonds. The number of aromatic nitrogens is 16. The summed E-state index contributed by atoms with van der Waals surface area (Å²) >= 11 is 0. The van der Waals surface area contributed by atoms with Crippen LogP contribution in [0.1, 0.15) is 0 Å². The van der Waals surface area contributed by atoms with Gasteiger partial charge in [0.15, 0.2) is 34.9 Å². The number of rotatable bonds is 2. The van der Waals surface area contributed by atoms with Crippen LogP contribution in [-0.2, 0) is 37.0 Å². The maximum Gasteiger partial charge on any atom is 2.00 e. The Morgan fingerprint density at radius 1 is 0.278 bits per heavy atom.